The Balaban J connectivity index is 0.744. The molecule has 0 bridgehead atoms. The lowest BCUT2D eigenvalue weighted by atomic mass is 10.0. The van der Waals surface area contributed by atoms with Crippen LogP contribution < -0.4 is 9.47 Å². The van der Waals surface area contributed by atoms with Crippen LogP contribution in [0.25, 0.3) is 56.2 Å². The molecule has 0 unspecified atom stereocenters. The standard InChI is InChI=1S/C62H42Cl2F8N14O7/c1-89-17-15-83-49-19-31(3-7-47(49)77-53(83)23-35-43(67)21-37(57(71)55(35)69)45-9-5-41(65)59(79-45)91-29-33-27-73-51(25-39(33)63)85-13-11-75-81-85)61(87)93-62(88)32-4-8-48-50(20-32)84(16-18-90-2)54(78-48)24-36-44(68)22-38(58(72)56(36)70)46-10-6-42(66)60(80-46)92-30-34-28-74-52(26-40(34)64)86-14-12-76-82-86/h3-14,19-22,25-28H,15-18,23-24,29-30H2,1-2H3. The molecule has 93 heavy (non-hydrogen) atoms. The number of imidazole rings is 2. The van der Waals surface area contributed by atoms with Gasteiger partial charge in [0.05, 0.1) is 92.6 Å². The van der Waals surface area contributed by atoms with E-state index in [4.69, 9.17) is 46.9 Å². The highest BCUT2D eigenvalue weighted by Crippen LogP contribution is 2.35. The summed E-state index contributed by atoms with van der Waals surface area (Å²) in [6.45, 7) is -0.590. The third kappa shape index (κ3) is 12.9. The second-order valence-corrected chi connectivity index (χ2v) is 21.1. The summed E-state index contributed by atoms with van der Waals surface area (Å²) >= 11 is 12.8. The quantitative estimate of drug-likeness (QED) is 0.0266. The van der Waals surface area contributed by atoms with Gasteiger partial charge in [0.1, 0.15) is 36.5 Å². The summed E-state index contributed by atoms with van der Waals surface area (Å²) in [6.07, 6.45) is 7.44. The molecule has 4 aromatic carbocycles. The smallest absolute Gasteiger partial charge is 0.346 e. The molecule has 8 aromatic heterocycles. The van der Waals surface area contributed by atoms with Gasteiger partial charge in [-0.1, -0.05) is 33.6 Å². The van der Waals surface area contributed by atoms with Crippen molar-refractivity contribution in [3.8, 4) is 45.9 Å². The summed E-state index contributed by atoms with van der Waals surface area (Å²) in [4.78, 5) is 53.1. The van der Waals surface area contributed by atoms with E-state index in [2.05, 4.69) is 50.5 Å². The highest BCUT2D eigenvalue weighted by Gasteiger charge is 2.28. The van der Waals surface area contributed by atoms with Crippen LogP contribution in [0.1, 0.15) is 54.6 Å². The molecule has 0 fully saturated rings. The fourth-order valence-corrected chi connectivity index (χ4v) is 10.3. The van der Waals surface area contributed by atoms with E-state index in [1.54, 1.807) is 12.4 Å². The molecule has 31 heteroatoms. The predicted octanol–water partition coefficient (Wildman–Crippen LogP) is 11.5. The van der Waals surface area contributed by atoms with Crippen LogP contribution in [-0.2, 0) is 53.4 Å². The largest absolute Gasteiger partial charge is 0.471 e. The summed E-state index contributed by atoms with van der Waals surface area (Å²) in [5.41, 5.74) is -2.24. The van der Waals surface area contributed by atoms with Gasteiger partial charge in [-0.2, -0.15) is 0 Å². The number of benzene rings is 4. The number of methoxy groups -OCH3 is 2. The SMILES string of the molecule is COCCn1c(Cc2c(F)cc(-c3ccc(F)c(OCc4cnc(-n5ccnn5)cc4Cl)n3)c(F)c2F)nc2ccc(C(=O)OC(=O)c3ccc4nc(Cc5c(F)cc(-c6ccc(F)c(OCc7cnc(-n8ccnn8)cc7Cl)n6)c(F)c5F)n(CCOC)c4c3)cc21. The van der Waals surface area contributed by atoms with E-state index in [0.29, 0.717) is 34.9 Å². The number of halogens is 10. The van der Waals surface area contributed by atoms with Crippen LogP contribution in [-0.4, -0.2) is 108 Å². The van der Waals surface area contributed by atoms with Gasteiger partial charge in [-0.3, -0.25) is 0 Å². The van der Waals surface area contributed by atoms with Gasteiger partial charge in [-0.25, -0.2) is 84.0 Å². The van der Waals surface area contributed by atoms with E-state index in [1.165, 1.54) is 106 Å². The fourth-order valence-electron chi connectivity index (χ4n) is 9.88. The summed E-state index contributed by atoms with van der Waals surface area (Å²) in [6, 6.07) is 16.2. The number of rotatable bonds is 22. The number of hydrogen-bond donors (Lipinski definition) is 0. The van der Waals surface area contributed by atoms with Crippen molar-refractivity contribution in [1.82, 2.24) is 69.0 Å². The molecule has 0 aliphatic carbocycles. The fraction of sp³-hybridized carbons (Fsp3) is 0.161. The molecule has 12 aromatic rings. The van der Waals surface area contributed by atoms with Crippen molar-refractivity contribution < 1.29 is 68.4 Å². The lowest BCUT2D eigenvalue weighted by Crippen LogP contribution is -2.14. The first-order valence-electron chi connectivity index (χ1n) is 27.6. The summed E-state index contributed by atoms with van der Waals surface area (Å²) in [5, 5.41) is 15.5. The second kappa shape index (κ2) is 26.7. The topological polar surface area (TPSA) is 229 Å². The number of hydrogen-bond acceptors (Lipinski definition) is 17. The van der Waals surface area contributed by atoms with E-state index in [-0.39, 0.29) is 106 Å². The van der Waals surface area contributed by atoms with Crippen molar-refractivity contribution in [3.05, 3.63) is 224 Å². The molecule has 0 aliphatic rings. The molecule has 0 saturated heterocycles. The minimum absolute atomic E-state index is 0.0156. The first-order chi connectivity index (χ1) is 44.9. The Labute approximate surface area is 528 Å². The second-order valence-electron chi connectivity index (χ2n) is 20.3. The van der Waals surface area contributed by atoms with Crippen molar-refractivity contribution in [2.75, 3.05) is 27.4 Å². The first-order valence-corrected chi connectivity index (χ1v) is 28.4. The summed E-state index contributed by atoms with van der Waals surface area (Å²) < 4.78 is 159. The van der Waals surface area contributed by atoms with Gasteiger partial charge in [0.15, 0.2) is 46.5 Å². The van der Waals surface area contributed by atoms with E-state index < -0.39 is 105 Å². The first kappa shape index (κ1) is 62.6. The molecule has 0 saturated carbocycles. The molecule has 0 atom stereocenters. The lowest BCUT2D eigenvalue weighted by Gasteiger charge is -2.13. The average molecular weight is 1320 g/mol. The Bertz CT molecular complexity index is 4570. The van der Waals surface area contributed by atoms with E-state index in [9.17, 15) is 18.4 Å². The molecule has 12 rings (SSSR count). The molecular weight excluding hydrogens is 1280 g/mol. The lowest BCUT2D eigenvalue weighted by molar-refractivity contribution is 0.0397. The van der Waals surface area contributed by atoms with Crippen molar-refractivity contribution in [2.24, 2.45) is 0 Å². The van der Waals surface area contributed by atoms with E-state index >= 15 is 26.3 Å². The number of esters is 2. The van der Waals surface area contributed by atoms with Gasteiger partial charge in [0.2, 0.25) is 0 Å². The van der Waals surface area contributed by atoms with Crippen molar-refractivity contribution in [2.45, 2.75) is 39.1 Å². The number of aromatic nitrogens is 14. The highest BCUT2D eigenvalue weighted by atomic mass is 35.5. The third-order valence-electron chi connectivity index (χ3n) is 14.6. The van der Waals surface area contributed by atoms with Gasteiger partial charge in [-0.05, 0) is 72.8 Å². The number of carbonyl (C=O) groups excluding carboxylic acids is 2. The monoisotopic (exact) mass is 1320 g/mol. The van der Waals surface area contributed by atoms with Crippen molar-refractivity contribution in [1.29, 1.82) is 0 Å². The number of carbonyl (C=O) groups is 2. The molecular formula is C62H42Cl2F8N14O7. The average Bonchev–Trinajstić information content (AvgIpc) is 1.75. The van der Waals surface area contributed by atoms with Crippen molar-refractivity contribution >= 4 is 57.2 Å². The van der Waals surface area contributed by atoms with E-state index in [0.717, 1.165) is 24.3 Å². The zero-order valence-electron chi connectivity index (χ0n) is 48.1. The number of ether oxygens (including phenoxy) is 5. The van der Waals surface area contributed by atoms with Gasteiger partial charge in [0, 0.05) is 98.1 Å². The van der Waals surface area contributed by atoms with Crippen LogP contribution in [0, 0.1) is 46.5 Å². The maximum absolute atomic E-state index is 16.2. The van der Waals surface area contributed by atoms with Crippen LogP contribution in [0.3, 0.4) is 0 Å². The predicted molar refractivity (Wildman–Crippen MR) is 315 cm³/mol. The molecule has 0 amide bonds. The number of fused-ring (bicyclic) bond motifs is 2. The van der Waals surface area contributed by atoms with Crippen LogP contribution in [0.4, 0.5) is 35.1 Å². The molecule has 21 nitrogen and oxygen atoms in total. The normalized spacial score (nSPS) is 11.5. The van der Waals surface area contributed by atoms with E-state index in [1.807, 2.05) is 0 Å². The minimum Gasteiger partial charge on any atom is -0.471 e. The maximum Gasteiger partial charge on any atom is 0.346 e. The molecule has 8 heterocycles. The molecule has 0 spiro atoms. The Morgan fingerprint density at radius 1 is 0.505 bits per heavy atom. The Morgan fingerprint density at radius 3 is 1.32 bits per heavy atom. The third-order valence-corrected chi connectivity index (χ3v) is 15.3. The van der Waals surface area contributed by atoms with Crippen LogP contribution >= 0.6 is 23.2 Å². The number of nitrogens with zero attached hydrogens (tertiary/aromatic N) is 14. The van der Waals surface area contributed by atoms with Crippen molar-refractivity contribution in [3.63, 3.8) is 0 Å². The molecule has 472 valence electrons. The van der Waals surface area contributed by atoms with Crippen LogP contribution in [0.2, 0.25) is 10.0 Å². The maximum atomic E-state index is 16.2. The zero-order chi connectivity index (χ0) is 65.2. The Morgan fingerprint density at radius 2 is 0.935 bits per heavy atom. The number of pyridine rings is 4. The molecule has 0 aliphatic heterocycles. The van der Waals surface area contributed by atoms with Gasteiger partial charge in [-0.15, -0.1) is 10.2 Å². The van der Waals surface area contributed by atoms with Gasteiger partial charge < -0.3 is 32.8 Å². The van der Waals surface area contributed by atoms with Crippen LogP contribution in [0.15, 0.2) is 122 Å². The highest BCUT2D eigenvalue weighted by molar-refractivity contribution is 6.31. The molecule has 0 radical (unpaired) electrons. The zero-order valence-corrected chi connectivity index (χ0v) is 49.6. The van der Waals surface area contributed by atoms with Gasteiger partial charge >= 0.3 is 11.9 Å². The minimum atomic E-state index is -1.59. The Hall–Kier alpha value is -10.6. The Kier molecular flexibility index (Phi) is 18.0. The van der Waals surface area contributed by atoms with Gasteiger partial charge in [0.25, 0.3) is 11.8 Å². The molecule has 0 N–H and O–H groups in total. The van der Waals surface area contributed by atoms with Crippen LogP contribution in [0.5, 0.6) is 11.8 Å². The summed E-state index contributed by atoms with van der Waals surface area (Å²) in [7, 11) is 2.80. The summed E-state index contributed by atoms with van der Waals surface area (Å²) in [5.74, 6) is -13.3.